The molecule has 0 aliphatic heterocycles. The van der Waals surface area contributed by atoms with Gasteiger partial charge in [-0.05, 0) is 19.1 Å². The maximum Gasteiger partial charge on any atom is 0.231 e. The van der Waals surface area contributed by atoms with Gasteiger partial charge < -0.3 is 10.3 Å². The lowest BCUT2D eigenvalue weighted by Crippen LogP contribution is -2.24. The second-order valence-electron chi connectivity index (χ2n) is 4.74. The molecule has 1 aliphatic rings. The molecule has 23 heavy (non-hydrogen) atoms. The Labute approximate surface area is 132 Å². The molecule has 2 aromatic rings. The second kappa shape index (κ2) is 5.24. The van der Waals surface area contributed by atoms with Crippen LogP contribution in [0.4, 0.5) is 18.9 Å². The Kier molecular flexibility index (Phi) is 3.48. The molecule has 1 heterocycles. The van der Waals surface area contributed by atoms with Crippen LogP contribution in [0, 0.1) is 24.4 Å². The number of aromatic amines is 1. The van der Waals surface area contributed by atoms with Gasteiger partial charge in [-0.25, -0.2) is 18.2 Å². The summed E-state index contributed by atoms with van der Waals surface area (Å²) >= 11 is 5.85. The number of nitrogens with one attached hydrogen (secondary N) is 2. The van der Waals surface area contributed by atoms with Gasteiger partial charge in [0.15, 0.2) is 17.5 Å². The summed E-state index contributed by atoms with van der Waals surface area (Å²) in [4.78, 5) is 30.9. The van der Waals surface area contributed by atoms with E-state index in [-0.39, 0.29) is 11.4 Å². The van der Waals surface area contributed by atoms with Crippen LogP contribution in [0.5, 0.6) is 0 Å². The first-order valence-electron chi connectivity index (χ1n) is 6.27. The number of hydrogen-bond acceptors (Lipinski definition) is 4. The molecule has 0 atom stereocenters. The van der Waals surface area contributed by atoms with E-state index >= 15 is 0 Å². The Balaban J connectivity index is 2.06. The molecule has 0 saturated heterocycles. The summed E-state index contributed by atoms with van der Waals surface area (Å²) in [6.07, 6.45) is 0. The van der Waals surface area contributed by atoms with Crippen LogP contribution >= 0.6 is 11.6 Å². The number of imidazole rings is 1. The van der Waals surface area contributed by atoms with Gasteiger partial charge in [-0.1, -0.05) is 11.6 Å². The van der Waals surface area contributed by atoms with E-state index in [2.05, 4.69) is 15.3 Å². The third-order valence-electron chi connectivity index (χ3n) is 3.21. The van der Waals surface area contributed by atoms with Gasteiger partial charge in [0.25, 0.3) is 0 Å². The highest BCUT2D eigenvalue weighted by Gasteiger charge is 2.35. The smallest absolute Gasteiger partial charge is 0.231 e. The maximum atomic E-state index is 13.7. The van der Waals surface area contributed by atoms with E-state index in [1.807, 2.05) is 0 Å². The summed E-state index contributed by atoms with van der Waals surface area (Å²) in [6.45, 7) is 1.54. The maximum absolute atomic E-state index is 13.7. The molecule has 118 valence electrons. The molecule has 2 N–H and O–H groups in total. The van der Waals surface area contributed by atoms with Crippen molar-refractivity contribution in [3.8, 4) is 0 Å². The van der Waals surface area contributed by atoms with E-state index in [1.54, 1.807) is 0 Å². The summed E-state index contributed by atoms with van der Waals surface area (Å²) in [5.74, 6) is -5.79. The quantitative estimate of drug-likeness (QED) is 0.823. The number of nitrogens with zero attached hydrogens (tertiary/aromatic N) is 1. The second-order valence-corrected chi connectivity index (χ2v) is 5.12. The Bertz CT molecular complexity index is 905. The van der Waals surface area contributed by atoms with Crippen molar-refractivity contribution in [1.82, 2.24) is 9.97 Å². The van der Waals surface area contributed by atoms with Gasteiger partial charge >= 0.3 is 0 Å². The highest BCUT2D eigenvalue weighted by Crippen LogP contribution is 2.29. The van der Waals surface area contributed by atoms with Gasteiger partial charge in [0, 0.05) is 0 Å². The minimum absolute atomic E-state index is 0.0752. The first-order chi connectivity index (χ1) is 10.8. The third kappa shape index (κ3) is 2.31. The predicted octanol–water partition coefficient (Wildman–Crippen LogP) is 3.08. The third-order valence-corrected chi connectivity index (χ3v) is 3.57. The highest BCUT2D eigenvalue weighted by molar-refractivity contribution is 6.49. The average molecular weight is 342 g/mol. The van der Waals surface area contributed by atoms with Crippen molar-refractivity contribution >= 4 is 28.9 Å². The summed E-state index contributed by atoms with van der Waals surface area (Å²) in [5.41, 5.74) is -1.24. The predicted molar refractivity (Wildman–Crippen MR) is 74.8 cm³/mol. The molecule has 0 unspecified atom stereocenters. The highest BCUT2D eigenvalue weighted by atomic mass is 35.5. The molecule has 0 spiro atoms. The van der Waals surface area contributed by atoms with E-state index in [4.69, 9.17) is 11.6 Å². The lowest BCUT2D eigenvalue weighted by Gasteiger charge is -2.16. The van der Waals surface area contributed by atoms with Crippen molar-refractivity contribution in [1.29, 1.82) is 0 Å². The molecular weight excluding hydrogens is 335 g/mol. The van der Waals surface area contributed by atoms with Crippen LogP contribution in [0.15, 0.2) is 22.9 Å². The van der Waals surface area contributed by atoms with Crippen LogP contribution in [-0.4, -0.2) is 21.5 Å². The zero-order valence-corrected chi connectivity index (χ0v) is 12.2. The first kappa shape index (κ1) is 15.3. The fourth-order valence-electron chi connectivity index (χ4n) is 2.13. The van der Waals surface area contributed by atoms with Crippen LogP contribution in [0.1, 0.15) is 26.8 Å². The molecule has 5 nitrogen and oxygen atoms in total. The Morgan fingerprint density at radius 2 is 1.83 bits per heavy atom. The van der Waals surface area contributed by atoms with Crippen LogP contribution < -0.4 is 5.32 Å². The number of H-pyrrole nitrogens is 1. The van der Waals surface area contributed by atoms with Crippen molar-refractivity contribution in [3.05, 3.63) is 57.5 Å². The number of allylic oxidation sites excluding steroid dienone is 2. The number of aromatic nitrogens is 2. The zero-order valence-electron chi connectivity index (χ0n) is 11.4. The van der Waals surface area contributed by atoms with Gasteiger partial charge in [-0.3, -0.25) is 9.59 Å². The van der Waals surface area contributed by atoms with Crippen molar-refractivity contribution in [2.24, 2.45) is 0 Å². The topological polar surface area (TPSA) is 74.8 Å². The summed E-state index contributed by atoms with van der Waals surface area (Å²) in [5, 5.41) is 1.73. The van der Waals surface area contributed by atoms with E-state index < -0.39 is 45.4 Å². The Morgan fingerprint density at radius 1 is 1.13 bits per heavy atom. The van der Waals surface area contributed by atoms with Gasteiger partial charge in [0.2, 0.25) is 11.6 Å². The number of ketones is 2. The van der Waals surface area contributed by atoms with E-state index in [0.29, 0.717) is 11.9 Å². The fourth-order valence-corrected chi connectivity index (χ4v) is 2.36. The van der Waals surface area contributed by atoms with Gasteiger partial charge in [-0.15, -0.1) is 0 Å². The van der Waals surface area contributed by atoms with E-state index in [1.165, 1.54) is 6.92 Å². The number of benzene rings is 1. The minimum Gasteiger partial charge on any atom is -0.348 e. The molecule has 1 aliphatic carbocycles. The normalized spacial score (nSPS) is 14.3. The number of halogens is 4. The van der Waals surface area contributed by atoms with Crippen LogP contribution in [0.3, 0.4) is 0 Å². The van der Waals surface area contributed by atoms with Crippen molar-refractivity contribution in [2.45, 2.75) is 6.92 Å². The number of anilines is 1. The summed E-state index contributed by atoms with van der Waals surface area (Å²) in [6, 6.07) is 1.56. The molecule has 0 amide bonds. The lowest BCUT2D eigenvalue weighted by atomic mass is 10.0. The van der Waals surface area contributed by atoms with Crippen LogP contribution in [0.2, 0.25) is 0 Å². The molecular formula is C14H7ClF3N3O2. The first-order valence-corrected chi connectivity index (χ1v) is 6.65. The SMILES string of the molecule is Cc1nc2c([nH]1)C(=O)C(Cl)=C(Nc1ccc(F)c(F)c1F)C2=O. The number of rotatable bonds is 2. The fraction of sp³-hybridized carbons (Fsp3) is 0.0714. The number of carbonyl (C=O) groups is 2. The van der Waals surface area contributed by atoms with Crippen molar-refractivity contribution < 1.29 is 22.8 Å². The molecule has 0 bridgehead atoms. The molecule has 0 saturated carbocycles. The van der Waals surface area contributed by atoms with Gasteiger partial charge in [0.1, 0.15) is 27.9 Å². The van der Waals surface area contributed by atoms with Crippen molar-refractivity contribution in [3.63, 3.8) is 0 Å². The average Bonchev–Trinajstić information content (AvgIpc) is 2.91. The molecule has 1 aromatic carbocycles. The summed E-state index contributed by atoms with van der Waals surface area (Å²) < 4.78 is 39.9. The number of carbonyl (C=O) groups excluding carboxylic acids is 2. The van der Waals surface area contributed by atoms with Crippen LogP contribution in [-0.2, 0) is 0 Å². The standard InChI is InChI=1S/C14H7ClF3N3O2/c1-4-19-11-12(20-4)14(23)10(7(15)13(11)22)21-6-3-2-5(16)8(17)9(6)18/h2-3,21H,1H3,(H,19,20). The Morgan fingerprint density at radius 3 is 2.52 bits per heavy atom. The monoisotopic (exact) mass is 341 g/mol. The number of fused-ring (bicyclic) bond motifs is 1. The number of aryl methyl sites for hydroxylation is 1. The number of Topliss-reactive ketones (excluding diaryl/α,β-unsaturated/α-hetero) is 2. The van der Waals surface area contributed by atoms with Gasteiger partial charge in [0.05, 0.1) is 5.69 Å². The zero-order chi connectivity index (χ0) is 16.9. The van der Waals surface area contributed by atoms with Crippen LogP contribution in [0.25, 0.3) is 0 Å². The molecule has 0 radical (unpaired) electrons. The van der Waals surface area contributed by atoms with E-state index in [9.17, 15) is 22.8 Å². The van der Waals surface area contributed by atoms with E-state index in [0.717, 1.165) is 6.07 Å². The minimum atomic E-state index is -1.71. The lowest BCUT2D eigenvalue weighted by molar-refractivity contribution is 0.0977. The van der Waals surface area contributed by atoms with Gasteiger partial charge in [-0.2, -0.15) is 0 Å². The number of hydrogen-bond donors (Lipinski definition) is 2. The largest absolute Gasteiger partial charge is 0.348 e. The molecule has 9 heteroatoms. The Hall–Kier alpha value is -2.61. The molecule has 1 aromatic heterocycles. The van der Waals surface area contributed by atoms with Crippen molar-refractivity contribution in [2.75, 3.05) is 5.32 Å². The molecule has 3 rings (SSSR count). The molecule has 0 fully saturated rings. The summed E-state index contributed by atoms with van der Waals surface area (Å²) in [7, 11) is 0.